The second-order valence-corrected chi connectivity index (χ2v) is 13.3. The lowest BCUT2D eigenvalue weighted by molar-refractivity contribution is 0.307. The van der Waals surface area contributed by atoms with Crippen molar-refractivity contribution in [2.45, 2.75) is 142 Å². The zero-order valence-corrected chi connectivity index (χ0v) is 23.4. The van der Waals surface area contributed by atoms with E-state index in [0.29, 0.717) is 0 Å². The van der Waals surface area contributed by atoms with E-state index < -0.39 is 7.60 Å². The topological polar surface area (TPSA) is 9.23 Å². The van der Waals surface area contributed by atoms with Crippen LogP contribution in [0.3, 0.4) is 0 Å². The molecule has 0 radical (unpaired) electrons. The molecule has 0 saturated heterocycles. The highest BCUT2D eigenvalue weighted by molar-refractivity contribution is 8.50. The van der Waals surface area contributed by atoms with Crippen LogP contribution in [0.2, 0.25) is 0 Å². The van der Waals surface area contributed by atoms with E-state index in [4.69, 9.17) is 27.1 Å². The quantitative estimate of drug-likeness (QED) is 0.109. The van der Waals surface area contributed by atoms with Crippen molar-refractivity contribution in [2.24, 2.45) is 0 Å². The fraction of sp³-hybridized carbons (Fsp3) is 0.960. The molecule has 0 aromatic rings. The maximum Gasteiger partial charge on any atom is 0.175 e. The molecule has 30 heavy (non-hydrogen) atoms. The van der Waals surface area contributed by atoms with Gasteiger partial charge in [-0.2, -0.15) is 0 Å². The molecule has 0 rings (SSSR count). The maximum atomic E-state index is 5.95. The average molecular weight is 495 g/mol. The minimum absolute atomic E-state index is 0.558. The molecule has 0 saturated carbocycles. The molecule has 0 N–H and O–H groups in total. The third kappa shape index (κ3) is 23.5. The van der Waals surface area contributed by atoms with Crippen molar-refractivity contribution in [3.05, 3.63) is 0 Å². The highest BCUT2D eigenvalue weighted by Gasteiger charge is 2.01. The van der Waals surface area contributed by atoms with Crippen molar-refractivity contribution >= 4 is 46.1 Å². The standard InChI is InChI=1S/C25H50OS4/c1-3-5-7-9-11-13-15-17-19-21-23-26-25(30(27)28)29-24-22-20-18-16-14-12-10-8-6-4-2/h3-24H2,1-2H3. The Labute approximate surface area is 204 Å². The smallest absolute Gasteiger partial charge is 0.175 e. The first-order valence-electron chi connectivity index (χ1n) is 12.9. The minimum atomic E-state index is -0.558. The van der Waals surface area contributed by atoms with Gasteiger partial charge < -0.3 is 4.74 Å². The Kier molecular flexibility index (Phi) is 26.8. The number of ether oxygens (including phenoxy) is 1. The van der Waals surface area contributed by atoms with Gasteiger partial charge in [-0.25, -0.2) is 0 Å². The van der Waals surface area contributed by atoms with Crippen LogP contribution >= 0.6 is 11.8 Å². The summed E-state index contributed by atoms with van der Waals surface area (Å²) in [5.41, 5.74) is 0. The molecule has 180 valence electrons. The summed E-state index contributed by atoms with van der Waals surface area (Å²) in [4.78, 5) is 0. The van der Waals surface area contributed by atoms with Crippen molar-refractivity contribution < 1.29 is 4.74 Å². The lowest BCUT2D eigenvalue weighted by Gasteiger charge is -2.07. The molecular weight excluding hydrogens is 445 g/mol. The first kappa shape index (κ1) is 30.8. The molecule has 0 amide bonds. The largest absolute Gasteiger partial charge is 0.330 e. The first-order valence-corrected chi connectivity index (χ1v) is 17.0. The second-order valence-electron chi connectivity index (χ2n) is 8.55. The Hall–Kier alpha value is 0.840. The molecule has 0 bridgehead atoms. The van der Waals surface area contributed by atoms with Crippen molar-refractivity contribution in [2.75, 3.05) is 12.4 Å². The van der Waals surface area contributed by atoms with Crippen LogP contribution in [0.15, 0.2) is 0 Å². The number of thioether (sulfide) groups is 1. The summed E-state index contributed by atoms with van der Waals surface area (Å²) in [5, 5.41) is 0. The molecule has 1 nitrogen and oxygen atoms in total. The molecule has 5 heteroatoms. The summed E-state index contributed by atoms with van der Waals surface area (Å²) in [5.74, 6) is 1.11. The van der Waals surface area contributed by atoms with Crippen molar-refractivity contribution in [1.82, 2.24) is 0 Å². The predicted molar refractivity (Wildman–Crippen MR) is 149 cm³/mol. The van der Waals surface area contributed by atoms with E-state index in [-0.39, 0.29) is 0 Å². The molecular formula is C25H50OS4. The fourth-order valence-electron chi connectivity index (χ4n) is 3.63. The van der Waals surface area contributed by atoms with Crippen LogP contribution in [0.1, 0.15) is 142 Å². The van der Waals surface area contributed by atoms with Crippen molar-refractivity contribution in [1.29, 1.82) is 0 Å². The van der Waals surface area contributed by atoms with Gasteiger partial charge in [-0.15, -0.1) is 0 Å². The Balaban J connectivity index is 3.49. The average Bonchev–Trinajstić information content (AvgIpc) is 2.74. The first-order chi connectivity index (χ1) is 14.7. The summed E-state index contributed by atoms with van der Waals surface area (Å²) in [6.07, 6.45) is 27.3. The molecule has 0 aliphatic heterocycles. The third-order valence-electron chi connectivity index (χ3n) is 5.57. The second kappa shape index (κ2) is 26.1. The Morgan fingerprint density at radius 3 is 1.33 bits per heavy atom. The summed E-state index contributed by atoms with van der Waals surface area (Å²) >= 11 is 12.4. The molecule has 0 fully saturated rings. The van der Waals surface area contributed by atoms with E-state index in [9.17, 15) is 0 Å². The molecule has 0 aromatic carbocycles. The summed E-state index contributed by atoms with van der Waals surface area (Å²) < 4.78 is 6.89. The van der Waals surface area contributed by atoms with Gasteiger partial charge in [-0.3, -0.25) is 0 Å². The maximum absolute atomic E-state index is 5.95. The summed E-state index contributed by atoms with van der Waals surface area (Å²) in [6, 6.07) is 0. The van der Waals surface area contributed by atoms with E-state index in [1.165, 1.54) is 122 Å². The SMILES string of the molecule is CCCCCCCCCCCCOC(SCCCCCCCCCCCC)=S(=S)=S. The highest BCUT2D eigenvalue weighted by atomic mass is 33.1. The van der Waals surface area contributed by atoms with E-state index in [1.54, 1.807) is 11.8 Å². The molecule has 0 heterocycles. The van der Waals surface area contributed by atoms with Crippen LogP contribution in [0, 0.1) is 0 Å². The van der Waals surface area contributed by atoms with Gasteiger partial charge >= 0.3 is 0 Å². The van der Waals surface area contributed by atoms with E-state index >= 15 is 0 Å². The lowest BCUT2D eigenvalue weighted by atomic mass is 10.1. The van der Waals surface area contributed by atoms with E-state index in [1.807, 2.05) is 0 Å². The van der Waals surface area contributed by atoms with Crippen molar-refractivity contribution in [3.63, 3.8) is 0 Å². The van der Waals surface area contributed by atoms with Gasteiger partial charge in [0.05, 0.1) is 6.61 Å². The molecule has 0 aliphatic rings. The van der Waals surface area contributed by atoms with Gasteiger partial charge in [0.25, 0.3) is 0 Å². The van der Waals surface area contributed by atoms with Crippen LogP contribution in [0.4, 0.5) is 0 Å². The summed E-state index contributed by atoms with van der Waals surface area (Å²) in [7, 11) is -0.558. The normalized spacial score (nSPS) is 11.1. The van der Waals surface area contributed by atoms with Crippen LogP contribution in [0.5, 0.6) is 0 Å². The van der Waals surface area contributed by atoms with Gasteiger partial charge in [0.2, 0.25) is 0 Å². The monoisotopic (exact) mass is 494 g/mol. The number of unbranched alkanes of at least 4 members (excludes halogenated alkanes) is 18. The zero-order valence-electron chi connectivity index (χ0n) is 20.1. The Morgan fingerprint density at radius 1 is 0.567 bits per heavy atom. The number of hydrogen-bond acceptors (Lipinski definition) is 4. The predicted octanol–water partition coefficient (Wildman–Crippen LogP) is 9.21. The van der Waals surface area contributed by atoms with Gasteiger partial charge in [0, 0.05) is 5.75 Å². The Morgan fingerprint density at radius 2 is 0.933 bits per heavy atom. The fourth-order valence-corrected chi connectivity index (χ4v) is 6.28. The van der Waals surface area contributed by atoms with Crippen LogP contribution in [0.25, 0.3) is 0 Å². The molecule has 0 aromatic heterocycles. The van der Waals surface area contributed by atoms with Gasteiger partial charge in [-0.05, 0) is 42.8 Å². The van der Waals surface area contributed by atoms with Gasteiger partial charge in [-0.1, -0.05) is 141 Å². The van der Waals surface area contributed by atoms with Crippen LogP contribution in [-0.2, 0) is 34.7 Å². The number of rotatable bonds is 22. The van der Waals surface area contributed by atoms with Crippen LogP contribution in [-0.4, -0.2) is 16.7 Å². The van der Waals surface area contributed by atoms with Gasteiger partial charge in [0.15, 0.2) is 4.38 Å². The van der Waals surface area contributed by atoms with E-state index in [0.717, 1.165) is 23.2 Å². The third-order valence-corrected chi connectivity index (χ3v) is 9.20. The molecule has 0 unspecified atom stereocenters. The zero-order chi connectivity index (χ0) is 22.1. The summed E-state index contributed by atoms with van der Waals surface area (Å²) in [6.45, 7) is 5.36. The highest BCUT2D eigenvalue weighted by Crippen LogP contribution is 2.14. The minimum Gasteiger partial charge on any atom is -0.330 e. The Bertz CT molecular complexity index is 438. The lowest BCUT2D eigenvalue weighted by Crippen LogP contribution is -2.04. The number of hydrogen-bond donors (Lipinski definition) is 0. The molecule has 0 atom stereocenters. The van der Waals surface area contributed by atoms with Gasteiger partial charge in [0.1, 0.15) is 0 Å². The van der Waals surface area contributed by atoms with Crippen molar-refractivity contribution in [3.8, 4) is 0 Å². The molecule has 0 aliphatic carbocycles. The van der Waals surface area contributed by atoms with E-state index in [2.05, 4.69) is 13.8 Å². The molecule has 0 spiro atoms. The van der Waals surface area contributed by atoms with Crippen LogP contribution < -0.4 is 0 Å².